The van der Waals surface area contributed by atoms with E-state index in [-0.39, 0.29) is 4.90 Å². The highest BCUT2D eigenvalue weighted by Gasteiger charge is 2.10. The summed E-state index contributed by atoms with van der Waals surface area (Å²) < 4.78 is 22.7. The second kappa shape index (κ2) is 5.48. The lowest BCUT2D eigenvalue weighted by Gasteiger charge is -2.10. The number of primary sulfonamides is 1. The zero-order chi connectivity index (χ0) is 14.8. The number of aromatic nitrogens is 1. The van der Waals surface area contributed by atoms with Crippen molar-refractivity contribution in [2.24, 2.45) is 5.14 Å². The van der Waals surface area contributed by atoms with Crippen LogP contribution in [0.25, 0.3) is 0 Å². The Bertz CT molecular complexity index is 729. The van der Waals surface area contributed by atoms with E-state index in [0.717, 1.165) is 11.3 Å². The monoisotopic (exact) mass is 292 g/mol. The van der Waals surface area contributed by atoms with Gasteiger partial charge in [-0.15, -0.1) is 0 Å². The largest absolute Gasteiger partial charge is 0.399 e. The number of nitrogens with zero attached hydrogens (tertiary/aromatic N) is 1. The molecule has 0 unspecified atom stereocenters. The molecule has 0 amide bonds. The van der Waals surface area contributed by atoms with Gasteiger partial charge in [-0.3, -0.25) is 4.98 Å². The van der Waals surface area contributed by atoms with Crippen molar-refractivity contribution >= 4 is 21.4 Å². The third kappa shape index (κ3) is 3.46. The summed E-state index contributed by atoms with van der Waals surface area (Å²) in [6.45, 7) is 2.43. The van der Waals surface area contributed by atoms with Crippen LogP contribution in [0, 0.1) is 6.92 Å². The lowest BCUT2D eigenvalue weighted by molar-refractivity contribution is 0.598. The van der Waals surface area contributed by atoms with Crippen LogP contribution in [0.4, 0.5) is 11.4 Å². The van der Waals surface area contributed by atoms with Gasteiger partial charge in [0.15, 0.2) is 0 Å². The minimum Gasteiger partial charge on any atom is -0.399 e. The summed E-state index contributed by atoms with van der Waals surface area (Å²) in [7, 11) is -3.77. The standard InChI is InChI=1S/C13H16N4O2S/c1-9-3-2-4-16-13(9)8-17-11-5-10(14)6-12(7-11)20(15,18)19/h2-7,17H,8,14H2,1H3,(H2,15,18,19). The van der Waals surface area contributed by atoms with E-state index in [1.54, 1.807) is 12.3 Å². The molecule has 7 heteroatoms. The van der Waals surface area contributed by atoms with Gasteiger partial charge in [-0.05, 0) is 36.8 Å². The van der Waals surface area contributed by atoms with Crippen LogP contribution in [-0.4, -0.2) is 13.4 Å². The zero-order valence-corrected chi connectivity index (χ0v) is 11.8. The summed E-state index contributed by atoms with van der Waals surface area (Å²) in [5, 5.41) is 8.20. The predicted molar refractivity (Wildman–Crippen MR) is 78.5 cm³/mol. The molecule has 0 aliphatic carbocycles. The van der Waals surface area contributed by atoms with Gasteiger partial charge in [0.1, 0.15) is 0 Å². The highest BCUT2D eigenvalue weighted by Crippen LogP contribution is 2.20. The Kier molecular flexibility index (Phi) is 3.91. The zero-order valence-electron chi connectivity index (χ0n) is 11.0. The Hall–Kier alpha value is -2.12. The number of aryl methyl sites for hydroxylation is 1. The number of benzene rings is 1. The van der Waals surface area contributed by atoms with Crippen LogP contribution in [0.5, 0.6) is 0 Å². The van der Waals surface area contributed by atoms with Crippen LogP contribution in [0.3, 0.4) is 0 Å². The van der Waals surface area contributed by atoms with Gasteiger partial charge < -0.3 is 11.1 Å². The van der Waals surface area contributed by atoms with Gasteiger partial charge in [0, 0.05) is 17.6 Å². The lowest BCUT2D eigenvalue weighted by atomic mass is 10.2. The second-order valence-corrected chi connectivity index (χ2v) is 6.02. The van der Waals surface area contributed by atoms with Crippen molar-refractivity contribution in [2.75, 3.05) is 11.1 Å². The number of nitrogens with one attached hydrogen (secondary N) is 1. The molecule has 1 aromatic carbocycles. The topological polar surface area (TPSA) is 111 Å². The van der Waals surface area contributed by atoms with Gasteiger partial charge in [-0.25, -0.2) is 13.6 Å². The summed E-state index contributed by atoms with van der Waals surface area (Å²) in [5.41, 5.74) is 8.53. The molecule has 1 aromatic heterocycles. The quantitative estimate of drug-likeness (QED) is 0.734. The average molecular weight is 292 g/mol. The van der Waals surface area contributed by atoms with Gasteiger partial charge in [0.25, 0.3) is 0 Å². The Morgan fingerprint density at radius 3 is 2.70 bits per heavy atom. The molecule has 0 aliphatic rings. The highest BCUT2D eigenvalue weighted by atomic mass is 32.2. The summed E-state index contributed by atoms with van der Waals surface area (Å²) in [4.78, 5) is 4.23. The predicted octanol–water partition coefficient (Wildman–Crippen LogP) is 1.23. The van der Waals surface area contributed by atoms with Crippen LogP contribution in [0.1, 0.15) is 11.3 Å². The number of hydrogen-bond acceptors (Lipinski definition) is 5. The summed E-state index contributed by atoms with van der Waals surface area (Å²) in [5.74, 6) is 0. The van der Waals surface area contributed by atoms with Crippen molar-refractivity contribution in [3.63, 3.8) is 0 Å². The maximum Gasteiger partial charge on any atom is 0.238 e. The number of anilines is 2. The molecule has 20 heavy (non-hydrogen) atoms. The van der Waals surface area contributed by atoms with E-state index >= 15 is 0 Å². The van der Waals surface area contributed by atoms with Crippen LogP contribution in [0.15, 0.2) is 41.4 Å². The van der Waals surface area contributed by atoms with E-state index in [1.165, 1.54) is 12.1 Å². The first-order valence-corrected chi connectivity index (χ1v) is 7.48. The minimum absolute atomic E-state index is 0.0160. The molecule has 2 aromatic rings. The Labute approximate surface area is 117 Å². The fourth-order valence-electron chi connectivity index (χ4n) is 1.78. The molecule has 0 saturated heterocycles. The number of rotatable bonds is 4. The molecule has 0 atom stereocenters. The van der Waals surface area contributed by atoms with Crippen molar-refractivity contribution in [3.05, 3.63) is 47.8 Å². The number of hydrogen-bond donors (Lipinski definition) is 3. The van der Waals surface area contributed by atoms with Crippen LogP contribution in [-0.2, 0) is 16.6 Å². The summed E-state index contributed by atoms with van der Waals surface area (Å²) in [6.07, 6.45) is 1.71. The molecule has 0 bridgehead atoms. The molecule has 0 aliphatic heterocycles. The second-order valence-electron chi connectivity index (χ2n) is 4.46. The van der Waals surface area contributed by atoms with Gasteiger partial charge in [0.05, 0.1) is 17.1 Å². The number of nitrogen functional groups attached to an aromatic ring is 1. The molecule has 5 N–H and O–H groups in total. The van der Waals surface area contributed by atoms with Crippen LogP contribution < -0.4 is 16.2 Å². The van der Waals surface area contributed by atoms with Crippen molar-refractivity contribution in [1.29, 1.82) is 0 Å². The van der Waals surface area contributed by atoms with Gasteiger partial charge in [0.2, 0.25) is 10.0 Å². The fourth-order valence-corrected chi connectivity index (χ4v) is 2.37. The van der Waals surface area contributed by atoms with E-state index in [9.17, 15) is 8.42 Å². The third-order valence-electron chi connectivity index (χ3n) is 2.84. The lowest BCUT2D eigenvalue weighted by Crippen LogP contribution is -2.13. The average Bonchev–Trinajstić information content (AvgIpc) is 2.36. The number of nitrogens with two attached hydrogens (primary N) is 2. The highest BCUT2D eigenvalue weighted by molar-refractivity contribution is 7.89. The Morgan fingerprint density at radius 1 is 1.30 bits per heavy atom. The van der Waals surface area contributed by atoms with E-state index in [1.807, 2.05) is 19.1 Å². The third-order valence-corrected chi connectivity index (χ3v) is 3.73. The van der Waals surface area contributed by atoms with E-state index < -0.39 is 10.0 Å². The first-order chi connectivity index (χ1) is 9.36. The summed E-state index contributed by atoms with van der Waals surface area (Å²) in [6, 6.07) is 8.24. The van der Waals surface area contributed by atoms with E-state index in [2.05, 4.69) is 10.3 Å². The van der Waals surface area contributed by atoms with Crippen molar-refractivity contribution in [2.45, 2.75) is 18.4 Å². The van der Waals surface area contributed by atoms with Gasteiger partial charge >= 0.3 is 0 Å². The molecule has 106 valence electrons. The molecule has 0 fully saturated rings. The number of sulfonamides is 1. The molecule has 0 radical (unpaired) electrons. The Balaban J connectivity index is 2.22. The fraction of sp³-hybridized carbons (Fsp3) is 0.154. The Morgan fingerprint density at radius 2 is 2.05 bits per heavy atom. The molecule has 0 saturated carbocycles. The molecule has 0 spiro atoms. The molecule has 1 heterocycles. The maximum atomic E-state index is 11.3. The van der Waals surface area contributed by atoms with Gasteiger partial charge in [-0.2, -0.15) is 0 Å². The molecule has 2 rings (SSSR count). The smallest absolute Gasteiger partial charge is 0.238 e. The van der Waals surface area contributed by atoms with Crippen LogP contribution in [0.2, 0.25) is 0 Å². The SMILES string of the molecule is Cc1cccnc1CNc1cc(N)cc(S(N)(=O)=O)c1. The van der Waals surface area contributed by atoms with Crippen molar-refractivity contribution < 1.29 is 8.42 Å². The first-order valence-electron chi connectivity index (χ1n) is 5.94. The first kappa shape index (κ1) is 14.3. The van der Waals surface area contributed by atoms with Crippen molar-refractivity contribution in [3.8, 4) is 0 Å². The van der Waals surface area contributed by atoms with Crippen molar-refractivity contribution in [1.82, 2.24) is 4.98 Å². The number of pyridine rings is 1. The van der Waals surface area contributed by atoms with E-state index in [4.69, 9.17) is 10.9 Å². The maximum absolute atomic E-state index is 11.3. The van der Waals surface area contributed by atoms with Gasteiger partial charge in [-0.1, -0.05) is 6.07 Å². The van der Waals surface area contributed by atoms with E-state index in [0.29, 0.717) is 17.9 Å². The normalized spacial score (nSPS) is 11.3. The minimum atomic E-state index is -3.77. The van der Waals surface area contributed by atoms with Crippen LogP contribution >= 0.6 is 0 Å². The molecular formula is C13H16N4O2S. The summed E-state index contributed by atoms with van der Waals surface area (Å²) >= 11 is 0. The molecule has 6 nitrogen and oxygen atoms in total. The molecular weight excluding hydrogens is 276 g/mol.